The van der Waals surface area contributed by atoms with Crippen LogP contribution in [0, 0.1) is 5.92 Å². The average molecular weight is 241 g/mol. The van der Waals surface area contributed by atoms with Gasteiger partial charge in [-0.3, -0.25) is 19.7 Å². The number of nitrogens with one attached hydrogen (secondary N) is 1. The molecule has 0 aromatic rings. The summed E-state index contributed by atoms with van der Waals surface area (Å²) in [5, 5.41) is 2.21. The molecule has 1 heterocycles. The standard InChI is InChI=1S/C11H19N3O3/c1-6(2)8(12)9(16)14-5-7(15)13-10(17)11(14,3)4/h6,8H,5,12H2,1-4H3,(H,13,15,17)/t8-/m1/s1. The van der Waals surface area contributed by atoms with Crippen molar-refractivity contribution in [2.24, 2.45) is 11.7 Å². The van der Waals surface area contributed by atoms with Crippen LogP contribution in [0.1, 0.15) is 27.7 Å². The highest BCUT2D eigenvalue weighted by Crippen LogP contribution is 2.20. The average Bonchev–Trinajstić information content (AvgIpc) is 2.21. The summed E-state index contributed by atoms with van der Waals surface area (Å²) in [6, 6.07) is -0.701. The Hall–Kier alpha value is -1.43. The Morgan fingerprint density at radius 3 is 2.41 bits per heavy atom. The summed E-state index contributed by atoms with van der Waals surface area (Å²) in [4.78, 5) is 36.3. The lowest BCUT2D eigenvalue weighted by Gasteiger charge is -2.41. The summed E-state index contributed by atoms with van der Waals surface area (Å²) in [5.74, 6) is -1.36. The molecule has 1 atom stereocenters. The summed E-state index contributed by atoms with van der Waals surface area (Å²) in [5.41, 5.74) is 4.72. The molecule has 6 nitrogen and oxygen atoms in total. The number of carbonyl (C=O) groups is 3. The predicted molar refractivity (Wildman–Crippen MR) is 61.8 cm³/mol. The maximum absolute atomic E-state index is 12.1. The van der Waals surface area contributed by atoms with Gasteiger partial charge in [-0.2, -0.15) is 0 Å². The second-order valence-electron chi connectivity index (χ2n) is 5.13. The SMILES string of the molecule is CC(C)[C@@H](N)C(=O)N1CC(=O)NC(=O)C1(C)C. The molecule has 17 heavy (non-hydrogen) atoms. The number of carbonyl (C=O) groups excluding carboxylic acids is 3. The van der Waals surface area contributed by atoms with Gasteiger partial charge in [-0.15, -0.1) is 0 Å². The molecule has 6 heteroatoms. The van der Waals surface area contributed by atoms with Crippen molar-refractivity contribution in [3.8, 4) is 0 Å². The number of imide groups is 1. The zero-order chi connectivity index (χ0) is 13.4. The van der Waals surface area contributed by atoms with Crippen LogP contribution < -0.4 is 11.1 Å². The molecule has 0 unspecified atom stereocenters. The first-order valence-electron chi connectivity index (χ1n) is 5.59. The van der Waals surface area contributed by atoms with Crippen LogP contribution in [0.3, 0.4) is 0 Å². The van der Waals surface area contributed by atoms with E-state index in [0.717, 1.165) is 0 Å². The fourth-order valence-corrected chi connectivity index (χ4v) is 1.60. The predicted octanol–water partition coefficient (Wildman–Crippen LogP) is -0.767. The summed E-state index contributed by atoms with van der Waals surface area (Å²) >= 11 is 0. The number of nitrogens with two attached hydrogens (primary N) is 1. The van der Waals surface area contributed by atoms with Crippen LogP contribution in [0.2, 0.25) is 0 Å². The molecule has 0 radical (unpaired) electrons. The van der Waals surface area contributed by atoms with Crippen molar-refractivity contribution in [3.05, 3.63) is 0 Å². The monoisotopic (exact) mass is 241 g/mol. The van der Waals surface area contributed by atoms with Crippen molar-refractivity contribution in [1.29, 1.82) is 0 Å². The van der Waals surface area contributed by atoms with Gasteiger partial charge in [-0.05, 0) is 19.8 Å². The normalized spacial score (nSPS) is 21.4. The molecule has 1 aliphatic heterocycles. The summed E-state index contributed by atoms with van der Waals surface area (Å²) in [7, 11) is 0. The first kappa shape index (κ1) is 13.6. The van der Waals surface area contributed by atoms with E-state index >= 15 is 0 Å². The van der Waals surface area contributed by atoms with Gasteiger partial charge in [-0.1, -0.05) is 13.8 Å². The maximum atomic E-state index is 12.1. The highest BCUT2D eigenvalue weighted by atomic mass is 16.2. The Bertz CT molecular complexity index is 363. The molecule has 1 aliphatic rings. The first-order valence-corrected chi connectivity index (χ1v) is 5.59. The minimum Gasteiger partial charge on any atom is -0.320 e. The number of piperazine rings is 1. The molecule has 1 fully saturated rings. The summed E-state index contributed by atoms with van der Waals surface area (Å²) < 4.78 is 0. The van der Waals surface area contributed by atoms with Crippen LogP contribution in [0.15, 0.2) is 0 Å². The molecule has 3 N–H and O–H groups in total. The smallest absolute Gasteiger partial charge is 0.252 e. The van der Waals surface area contributed by atoms with Crippen molar-refractivity contribution < 1.29 is 14.4 Å². The largest absolute Gasteiger partial charge is 0.320 e. The molecule has 0 aromatic carbocycles. The van der Waals surface area contributed by atoms with Gasteiger partial charge in [0.2, 0.25) is 11.8 Å². The summed E-state index contributed by atoms with van der Waals surface area (Å²) in [6.45, 7) is 6.71. The van der Waals surface area contributed by atoms with E-state index < -0.39 is 23.4 Å². The van der Waals surface area contributed by atoms with E-state index in [1.54, 1.807) is 13.8 Å². The Kier molecular flexibility index (Phi) is 3.56. The number of rotatable bonds is 2. The number of hydrogen-bond donors (Lipinski definition) is 2. The van der Waals surface area contributed by atoms with E-state index in [2.05, 4.69) is 5.32 Å². The van der Waals surface area contributed by atoms with Gasteiger partial charge in [0, 0.05) is 0 Å². The van der Waals surface area contributed by atoms with Gasteiger partial charge >= 0.3 is 0 Å². The molecule has 0 aliphatic carbocycles. The Morgan fingerprint density at radius 2 is 1.94 bits per heavy atom. The Balaban J connectivity index is 2.98. The fourth-order valence-electron chi connectivity index (χ4n) is 1.60. The van der Waals surface area contributed by atoms with Crippen LogP contribution in [-0.2, 0) is 14.4 Å². The van der Waals surface area contributed by atoms with Crippen molar-refractivity contribution in [1.82, 2.24) is 10.2 Å². The lowest BCUT2D eigenvalue weighted by Crippen LogP contribution is -2.67. The van der Waals surface area contributed by atoms with Crippen molar-refractivity contribution in [2.75, 3.05) is 6.54 Å². The second kappa shape index (κ2) is 4.44. The zero-order valence-corrected chi connectivity index (χ0v) is 10.6. The third-order valence-electron chi connectivity index (χ3n) is 3.05. The van der Waals surface area contributed by atoms with Gasteiger partial charge in [0.25, 0.3) is 5.91 Å². The van der Waals surface area contributed by atoms with E-state index in [1.807, 2.05) is 13.8 Å². The van der Waals surface area contributed by atoms with E-state index in [0.29, 0.717) is 0 Å². The van der Waals surface area contributed by atoms with E-state index in [-0.39, 0.29) is 18.4 Å². The summed E-state index contributed by atoms with van der Waals surface area (Å²) in [6.07, 6.45) is 0. The van der Waals surface area contributed by atoms with Crippen LogP contribution in [0.4, 0.5) is 0 Å². The lowest BCUT2D eigenvalue weighted by atomic mass is 9.95. The molecule has 1 saturated heterocycles. The van der Waals surface area contributed by atoms with Gasteiger partial charge in [0.15, 0.2) is 0 Å². The quantitative estimate of drug-likeness (QED) is 0.621. The molecule has 0 saturated carbocycles. The van der Waals surface area contributed by atoms with Gasteiger partial charge < -0.3 is 10.6 Å². The van der Waals surface area contributed by atoms with Gasteiger partial charge in [0.1, 0.15) is 12.1 Å². The fraction of sp³-hybridized carbons (Fsp3) is 0.727. The minimum atomic E-state index is -1.04. The van der Waals surface area contributed by atoms with E-state index in [1.165, 1.54) is 4.90 Å². The van der Waals surface area contributed by atoms with Crippen LogP contribution in [0.5, 0.6) is 0 Å². The maximum Gasteiger partial charge on any atom is 0.252 e. The van der Waals surface area contributed by atoms with E-state index in [4.69, 9.17) is 5.73 Å². The van der Waals surface area contributed by atoms with Crippen molar-refractivity contribution in [2.45, 2.75) is 39.3 Å². The molecule has 0 bridgehead atoms. The van der Waals surface area contributed by atoms with Crippen LogP contribution in [0.25, 0.3) is 0 Å². The number of nitrogens with zero attached hydrogens (tertiary/aromatic N) is 1. The highest BCUT2D eigenvalue weighted by molar-refractivity contribution is 6.06. The van der Waals surface area contributed by atoms with Crippen LogP contribution >= 0.6 is 0 Å². The topological polar surface area (TPSA) is 92.5 Å². The molecular formula is C11H19N3O3. The van der Waals surface area contributed by atoms with E-state index in [9.17, 15) is 14.4 Å². The zero-order valence-electron chi connectivity index (χ0n) is 10.6. The third-order valence-corrected chi connectivity index (χ3v) is 3.05. The molecule has 0 aromatic heterocycles. The molecule has 3 amide bonds. The first-order chi connectivity index (χ1) is 7.67. The van der Waals surface area contributed by atoms with Gasteiger partial charge in [-0.25, -0.2) is 0 Å². The molecule has 1 rings (SSSR count). The number of amides is 3. The molecular weight excluding hydrogens is 222 g/mol. The highest BCUT2D eigenvalue weighted by Gasteiger charge is 2.44. The van der Waals surface area contributed by atoms with Crippen molar-refractivity contribution >= 4 is 17.7 Å². The second-order valence-corrected chi connectivity index (χ2v) is 5.13. The Labute approximate surface area is 101 Å². The van der Waals surface area contributed by atoms with Gasteiger partial charge in [0.05, 0.1) is 6.04 Å². The van der Waals surface area contributed by atoms with Crippen LogP contribution in [-0.4, -0.2) is 40.7 Å². The van der Waals surface area contributed by atoms with Crippen molar-refractivity contribution in [3.63, 3.8) is 0 Å². The number of hydrogen-bond acceptors (Lipinski definition) is 4. The third kappa shape index (κ3) is 2.46. The molecule has 0 spiro atoms. The lowest BCUT2D eigenvalue weighted by molar-refractivity contribution is -0.156. The molecule has 96 valence electrons. The minimum absolute atomic E-state index is 0.0432. The Morgan fingerprint density at radius 1 is 1.41 bits per heavy atom.